The summed E-state index contributed by atoms with van der Waals surface area (Å²) in [5, 5.41) is 1.06. The van der Waals surface area contributed by atoms with Gasteiger partial charge in [-0.05, 0) is 43.7 Å². The van der Waals surface area contributed by atoms with Gasteiger partial charge in [-0.25, -0.2) is 0 Å². The number of unbranched alkanes of at least 4 members (excludes halogenated alkanes) is 2. The number of fused-ring (bicyclic) bond motifs is 1. The highest BCUT2D eigenvalue weighted by atomic mass is 35.5. The first kappa shape index (κ1) is 23.8. The number of hydrogen-bond acceptors (Lipinski definition) is 4. The molecule has 0 aliphatic carbocycles. The number of rotatable bonds is 10. The lowest BCUT2D eigenvalue weighted by Gasteiger charge is -2.07. The number of nitrogens with zero attached hydrogens (tertiary/aromatic N) is 2. The molecule has 1 heterocycles. The zero-order valence-electron chi connectivity index (χ0n) is 17.7. The number of ether oxygens (including phenoxy) is 2. The molecule has 1 aromatic heterocycles. The van der Waals surface area contributed by atoms with Gasteiger partial charge in [0.05, 0.1) is 28.5 Å². The fourth-order valence-electron chi connectivity index (χ4n) is 3.13. The van der Waals surface area contributed by atoms with E-state index < -0.39 is 0 Å². The molecule has 3 rings (SSSR count). The molecule has 0 bridgehead atoms. The summed E-state index contributed by atoms with van der Waals surface area (Å²) < 4.78 is 14.1. The predicted molar refractivity (Wildman–Crippen MR) is 128 cm³/mol. The highest BCUT2D eigenvalue weighted by Gasteiger charge is 2.13. The minimum Gasteiger partial charge on any atom is -0.494 e. The summed E-state index contributed by atoms with van der Waals surface area (Å²) in [5.41, 5.74) is 1.28. The Balaban J connectivity index is 1.93. The Hall–Kier alpha value is -1.86. The maximum atomic E-state index is 12.9. The van der Waals surface area contributed by atoms with Crippen LogP contribution in [0.3, 0.4) is 0 Å². The van der Waals surface area contributed by atoms with E-state index in [9.17, 15) is 4.79 Å². The van der Waals surface area contributed by atoms with Crippen molar-refractivity contribution in [2.75, 3.05) is 19.8 Å². The molecule has 0 unspecified atom stereocenters. The van der Waals surface area contributed by atoms with Crippen molar-refractivity contribution in [1.82, 2.24) is 4.57 Å². The molecule has 0 N–H and O–H groups in total. The highest BCUT2D eigenvalue weighted by Crippen LogP contribution is 2.29. The number of thiazole rings is 1. The van der Waals surface area contributed by atoms with Gasteiger partial charge in [-0.15, -0.1) is 0 Å². The lowest BCUT2D eigenvalue weighted by Crippen LogP contribution is -2.20. The van der Waals surface area contributed by atoms with Crippen molar-refractivity contribution in [3.8, 4) is 5.75 Å². The van der Waals surface area contributed by atoms with E-state index in [1.165, 1.54) is 11.3 Å². The van der Waals surface area contributed by atoms with E-state index in [0.29, 0.717) is 52.5 Å². The Bertz CT molecular complexity index is 1110. The van der Waals surface area contributed by atoms with Crippen molar-refractivity contribution in [2.45, 2.75) is 39.7 Å². The Morgan fingerprint density at radius 2 is 1.97 bits per heavy atom. The van der Waals surface area contributed by atoms with Gasteiger partial charge in [-0.1, -0.05) is 60.4 Å². The van der Waals surface area contributed by atoms with Crippen molar-refractivity contribution >= 4 is 50.7 Å². The first-order chi connectivity index (χ1) is 15.0. The summed E-state index contributed by atoms with van der Waals surface area (Å²) in [6.07, 6.45) is 3.24. The number of amides is 1. The van der Waals surface area contributed by atoms with Crippen LogP contribution in [0.1, 0.15) is 43.5 Å². The minimum absolute atomic E-state index is 0.335. The molecule has 1 amide bonds. The van der Waals surface area contributed by atoms with Gasteiger partial charge in [-0.3, -0.25) is 4.79 Å². The van der Waals surface area contributed by atoms with Gasteiger partial charge >= 0.3 is 0 Å². The molecule has 0 fully saturated rings. The van der Waals surface area contributed by atoms with Gasteiger partial charge in [0.15, 0.2) is 4.80 Å². The number of carbonyl (C=O) groups is 1. The summed E-state index contributed by atoms with van der Waals surface area (Å²) in [4.78, 5) is 17.9. The minimum atomic E-state index is -0.335. The van der Waals surface area contributed by atoms with Crippen LogP contribution in [0.4, 0.5) is 0 Å². The number of carbonyl (C=O) groups excluding carboxylic acids is 1. The molecule has 0 radical (unpaired) electrons. The fraction of sp³-hybridized carbons (Fsp3) is 0.391. The van der Waals surface area contributed by atoms with Crippen LogP contribution in [0.5, 0.6) is 5.75 Å². The smallest absolute Gasteiger partial charge is 0.279 e. The molecule has 8 heteroatoms. The standard InChI is InChI=1S/C23H26Cl2N2O3S/c1-3-5-6-11-30-18-9-7-8-16(13-18)22(28)26-23-27(10-12-29-4-2)21-19(25)14-17(24)15-20(21)31-23/h7-9,13-15H,3-6,10-12H2,1-2H3. The fourth-order valence-corrected chi connectivity index (χ4v) is 4.97. The second-order valence-corrected chi connectivity index (χ2v) is 8.82. The van der Waals surface area contributed by atoms with E-state index in [0.717, 1.165) is 29.5 Å². The Kier molecular flexibility index (Phi) is 8.96. The van der Waals surface area contributed by atoms with Gasteiger partial charge in [0.2, 0.25) is 0 Å². The second kappa shape index (κ2) is 11.7. The van der Waals surface area contributed by atoms with E-state index >= 15 is 0 Å². The Morgan fingerprint density at radius 3 is 2.74 bits per heavy atom. The number of halogens is 2. The maximum absolute atomic E-state index is 12.9. The first-order valence-electron chi connectivity index (χ1n) is 10.4. The Labute approximate surface area is 196 Å². The van der Waals surface area contributed by atoms with Crippen LogP contribution in [-0.2, 0) is 11.3 Å². The average molecular weight is 481 g/mol. The summed E-state index contributed by atoms with van der Waals surface area (Å²) in [6.45, 7) is 6.35. The highest BCUT2D eigenvalue weighted by molar-refractivity contribution is 7.16. The van der Waals surface area contributed by atoms with Gasteiger partial charge in [-0.2, -0.15) is 4.99 Å². The summed E-state index contributed by atoms with van der Waals surface area (Å²) in [7, 11) is 0. The van der Waals surface area contributed by atoms with Crippen LogP contribution >= 0.6 is 34.5 Å². The van der Waals surface area contributed by atoms with Gasteiger partial charge in [0, 0.05) is 23.7 Å². The zero-order valence-corrected chi connectivity index (χ0v) is 20.0. The average Bonchev–Trinajstić information content (AvgIpc) is 3.08. The van der Waals surface area contributed by atoms with Crippen molar-refractivity contribution in [3.63, 3.8) is 0 Å². The molecule has 0 aliphatic heterocycles. The molecule has 0 saturated carbocycles. The Morgan fingerprint density at radius 1 is 1.13 bits per heavy atom. The lowest BCUT2D eigenvalue weighted by molar-refractivity contribution is 0.0996. The first-order valence-corrected chi connectivity index (χ1v) is 12.0. The molecule has 3 aromatic rings. The van der Waals surface area contributed by atoms with Crippen LogP contribution in [0.2, 0.25) is 10.0 Å². The summed E-state index contributed by atoms with van der Waals surface area (Å²) in [5.74, 6) is 0.338. The largest absolute Gasteiger partial charge is 0.494 e. The quantitative estimate of drug-likeness (QED) is 0.317. The summed E-state index contributed by atoms with van der Waals surface area (Å²) in [6, 6.07) is 10.7. The van der Waals surface area contributed by atoms with Gasteiger partial charge < -0.3 is 14.0 Å². The maximum Gasteiger partial charge on any atom is 0.279 e. The van der Waals surface area contributed by atoms with Gasteiger partial charge in [0.25, 0.3) is 5.91 Å². The normalized spacial score (nSPS) is 11.9. The topological polar surface area (TPSA) is 52.8 Å². The molecule has 0 aliphatic rings. The van der Waals surface area contributed by atoms with E-state index in [1.807, 2.05) is 29.7 Å². The van der Waals surface area contributed by atoms with Crippen LogP contribution < -0.4 is 9.54 Å². The van der Waals surface area contributed by atoms with Crippen molar-refractivity contribution in [1.29, 1.82) is 0 Å². The molecule has 0 atom stereocenters. The van der Waals surface area contributed by atoms with E-state index in [4.69, 9.17) is 32.7 Å². The molecular formula is C23H26Cl2N2O3S. The molecule has 2 aromatic carbocycles. The summed E-state index contributed by atoms with van der Waals surface area (Å²) >= 11 is 14.0. The van der Waals surface area contributed by atoms with Crippen molar-refractivity contribution in [2.24, 2.45) is 4.99 Å². The number of hydrogen-bond donors (Lipinski definition) is 0. The zero-order chi connectivity index (χ0) is 22.2. The third kappa shape index (κ3) is 6.32. The van der Waals surface area contributed by atoms with Crippen LogP contribution in [0.15, 0.2) is 41.4 Å². The monoisotopic (exact) mass is 480 g/mol. The molecule has 0 spiro atoms. The van der Waals surface area contributed by atoms with E-state index in [1.54, 1.807) is 18.2 Å². The van der Waals surface area contributed by atoms with Crippen molar-refractivity contribution < 1.29 is 14.3 Å². The van der Waals surface area contributed by atoms with Crippen LogP contribution in [-0.4, -0.2) is 30.3 Å². The number of benzene rings is 2. The second-order valence-electron chi connectivity index (χ2n) is 6.97. The van der Waals surface area contributed by atoms with Crippen LogP contribution in [0, 0.1) is 0 Å². The molecule has 5 nitrogen and oxygen atoms in total. The molecule has 31 heavy (non-hydrogen) atoms. The van der Waals surface area contributed by atoms with E-state index in [-0.39, 0.29) is 5.91 Å². The lowest BCUT2D eigenvalue weighted by atomic mass is 10.2. The molecule has 166 valence electrons. The molecular weight excluding hydrogens is 455 g/mol. The predicted octanol–water partition coefficient (Wildman–Crippen LogP) is 6.36. The SMILES string of the molecule is CCCCCOc1cccc(C(=O)N=c2sc3cc(Cl)cc(Cl)c3n2CCOCC)c1. The number of aromatic nitrogens is 1. The van der Waals surface area contributed by atoms with E-state index in [2.05, 4.69) is 11.9 Å². The third-order valence-corrected chi connectivity index (χ3v) is 6.19. The van der Waals surface area contributed by atoms with Gasteiger partial charge in [0.1, 0.15) is 5.75 Å². The molecule has 0 saturated heterocycles. The van der Waals surface area contributed by atoms with Crippen molar-refractivity contribution in [3.05, 3.63) is 56.8 Å². The third-order valence-electron chi connectivity index (χ3n) is 4.65. The van der Waals surface area contributed by atoms with Crippen LogP contribution in [0.25, 0.3) is 10.2 Å².